The van der Waals surface area contributed by atoms with Crippen LogP contribution in [0.5, 0.6) is 0 Å². The van der Waals surface area contributed by atoms with Crippen LogP contribution in [0.3, 0.4) is 0 Å². The zero-order valence-electron chi connectivity index (χ0n) is 28.0. The van der Waals surface area contributed by atoms with E-state index in [2.05, 4.69) is 74.6 Å². The molecule has 0 aromatic heterocycles. The number of carbonyl (C=O) groups is 2. The van der Waals surface area contributed by atoms with Crippen LogP contribution in [0.25, 0.3) is 0 Å². The summed E-state index contributed by atoms with van der Waals surface area (Å²) in [6, 6.07) is 0. The van der Waals surface area contributed by atoms with Crippen molar-refractivity contribution in [2.45, 2.75) is 174 Å². The van der Waals surface area contributed by atoms with Gasteiger partial charge in [-0.05, 0) is 77.0 Å². The first-order chi connectivity index (χ1) is 21.1. The number of aliphatic carboxylic acids is 1. The Hall–Kier alpha value is -2.36. The highest BCUT2D eigenvalue weighted by Crippen LogP contribution is 2.16. The first-order valence-electron chi connectivity index (χ1n) is 17.8. The van der Waals surface area contributed by atoms with Gasteiger partial charge in [-0.25, -0.2) is 0 Å². The van der Waals surface area contributed by atoms with Crippen molar-refractivity contribution in [1.29, 1.82) is 0 Å². The van der Waals surface area contributed by atoms with Crippen molar-refractivity contribution in [1.82, 2.24) is 0 Å². The zero-order chi connectivity index (χ0) is 31.5. The highest BCUT2D eigenvalue weighted by molar-refractivity contribution is 5.69. The number of carboxylic acid groups (broad SMARTS) is 1. The second-order valence-electron chi connectivity index (χ2n) is 11.6. The molecule has 0 bridgehead atoms. The Balaban J connectivity index is 3.56. The Morgan fingerprint density at radius 1 is 0.535 bits per heavy atom. The molecule has 1 unspecified atom stereocenters. The lowest BCUT2D eigenvalue weighted by molar-refractivity contribution is -0.149. The average molecular weight is 599 g/mol. The summed E-state index contributed by atoms with van der Waals surface area (Å²) in [4.78, 5) is 22.8. The molecule has 0 aliphatic rings. The Morgan fingerprint density at radius 2 is 0.953 bits per heavy atom. The van der Waals surface area contributed by atoms with E-state index < -0.39 is 5.97 Å². The number of allylic oxidation sites excluding steroid dienone is 10. The molecule has 0 saturated heterocycles. The third-order valence-electron chi connectivity index (χ3n) is 7.58. The molecule has 0 aliphatic carbocycles. The second-order valence-corrected chi connectivity index (χ2v) is 11.6. The fourth-order valence-electron chi connectivity index (χ4n) is 4.91. The van der Waals surface area contributed by atoms with Gasteiger partial charge < -0.3 is 9.84 Å². The van der Waals surface area contributed by atoms with Crippen molar-refractivity contribution in [2.24, 2.45) is 0 Å². The number of carboxylic acids is 1. The van der Waals surface area contributed by atoms with Crippen molar-refractivity contribution in [3.63, 3.8) is 0 Å². The van der Waals surface area contributed by atoms with Gasteiger partial charge in [-0.15, -0.1) is 0 Å². The monoisotopic (exact) mass is 598 g/mol. The van der Waals surface area contributed by atoms with Crippen LogP contribution in [-0.2, 0) is 14.3 Å². The van der Waals surface area contributed by atoms with Crippen LogP contribution in [0.4, 0.5) is 0 Å². The van der Waals surface area contributed by atoms with E-state index in [1.807, 2.05) is 0 Å². The highest BCUT2D eigenvalue weighted by Gasteiger charge is 2.12. The van der Waals surface area contributed by atoms with Crippen LogP contribution in [0.1, 0.15) is 168 Å². The molecule has 0 aromatic rings. The normalized spacial score (nSPS) is 13.0. The summed E-state index contributed by atoms with van der Waals surface area (Å²) in [5.74, 6) is -0.705. The van der Waals surface area contributed by atoms with Crippen molar-refractivity contribution in [2.75, 3.05) is 0 Å². The first-order valence-corrected chi connectivity index (χ1v) is 17.8. The largest absolute Gasteiger partial charge is 0.481 e. The molecule has 0 spiro atoms. The number of unbranched alkanes of at least 4 members (excludes halogenated alkanes) is 13. The number of esters is 1. The van der Waals surface area contributed by atoms with E-state index in [1.165, 1.54) is 51.4 Å². The Labute approximate surface area is 265 Å². The predicted octanol–water partition coefficient (Wildman–Crippen LogP) is 12.2. The average Bonchev–Trinajstić information content (AvgIpc) is 2.99. The number of ether oxygens (including phenoxy) is 1. The summed E-state index contributed by atoms with van der Waals surface area (Å²) < 4.78 is 5.74. The number of hydrogen-bond donors (Lipinski definition) is 1. The molecule has 0 radical (unpaired) electrons. The van der Waals surface area contributed by atoms with E-state index in [0.29, 0.717) is 12.8 Å². The van der Waals surface area contributed by atoms with Gasteiger partial charge in [-0.1, -0.05) is 139 Å². The zero-order valence-corrected chi connectivity index (χ0v) is 28.0. The minimum atomic E-state index is -0.685. The third kappa shape index (κ3) is 34.0. The van der Waals surface area contributed by atoms with E-state index >= 15 is 0 Å². The number of carbonyl (C=O) groups excluding carboxylic acids is 1. The fourth-order valence-corrected chi connectivity index (χ4v) is 4.91. The van der Waals surface area contributed by atoms with Gasteiger partial charge >= 0.3 is 11.9 Å². The van der Waals surface area contributed by atoms with Crippen LogP contribution in [0.15, 0.2) is 60.8 Å². The summed E-state index contributed by atoms with van der Waals surface area (Å²) in [7, 11) is 0. The van der Waals surface area contributed by atoms with Crippen LogP contribution < -0.4 is 0 Å². The van der Waals surface area contributed by atoms with Gasteiger partial charge in [0.15, 0.2) is 0 Å². The number of hydrogen-bond acceptors (Lipinski definition) is 3. The quantitative estimate of drug-likeness (QED) is 0.0490. The van der Waals surface area contributed by atoms with Gasteiger partial charge in [0.25, 0.3) is 0 Å². The van der Waals surface area contributed by atoms with Gasteiger partial charge in [0.05, 0.1) is 0 Å². The molecule has 1 atom stereocenters. The lowest BCUT2D eigenvalue weighted by Crippen LogP contribution is -2.17. The van der Waals surface area contributed by atoms with Gasteiger partial charge in [-0.2, -0.15) is 0 Å². The Bertz CT molecular complexity index is 774. The molecule has 0 saturated carbocycles. The van der Waals surface area contributed by atoms with E-state index in [9.17, 15) is 9.59 Å². The van der Waals surface area contributed by atoms with Crippen molar-refractivity contribution >= 4 is 11.9 Å². The van der Waals surface area contributed by atoms with E-state index in [4.69, 9.17) is 9.84 Å². The summed E-state index contributed by atoms with van der Waals surface area (Å²) >= 11 is 0. The van der Waals surface area contributed by atoms with Crippen molar-refractivity contribution < 1.29 is 19.4 Å². The lowest BCUT2D eigenvalue weighted by atomic mass is 10.0. The Morgan fingerprint density at radius 3 is 1.44 bits per heavy atom. The maximum Gasteiger partial charge on any atom is 0.306 e. The fraction of sp³-hybridized carbons (Fsp3) is 0.692. The standard InChI is InChI=1S/C39H66O4/c1-3-5-6-7-8-9-10-11-12-13-14-15-16-17-18-19-20-24-27-30-33-36-39(42)43-37(4-2)34-31-28-25-22-21-23-26-29-32-35-38(40)41/h5-6,8-9,11-12,14-15,17-18,37H,3-4,7,10,13,16,19-36H2,1-2H3,(H,40,41)/b6-5-,9-8-,12-11-,15-14-,18-17-. The molecule has 1 N–H and O–H groups in total. The molecule has 0 aliphatic heterocycles. The topological polar surface area (TPSA) is 63.6 Å². The lowest BCUT2D eigenvalue weighted by Gasteiger charge is -2.16. The molecule has 4 heteroatoms. The maximum absolute atomic E-state index is 12.3. The van der Waals surface area contributed by atoms with Crippen LogP contribution in [0.2, 0.25) is 0 Å². The van der Waals surface area contributed by atoms with Gasteiger partial charge in [-0.3, -0.25) is 9.59 Å². The van der Waals surface area contributed by atoms with E-state index in [-0.39, 0.29) is 12.1 Å². The molecule has 0 aromatic carbocycles. The summed E-state index contributed by atoms with van der Waals surface area (Å²) in [5, 5.41) is 8.65. The van der Waals surface area contributed by atoms with Crippen molar-refractivity contribution in [3.8, 4) is 0 Å². The van der Waals surface area contributed by atoms with E-state index in [1.54, 1.807) is 0 Å². The SMILES string of the molecule is CC/C=C\C/C=C\C/C=C\C/C=C\C/C=C\CCCCCCCC(=O)OC(CC)CCCCCCCCCCCC(=O)O. The molecular formula is C39H66O4. The minimum absolute atomic E-state index is 0.0199. The minimum Gasteiger partial charge on any atom is -0.481 e. The molecule has 4 nitrogen and oxygen atoms in total. The molecular weight excluding hydrogens is 532 g/mol. The predicted molar refractivity (Wildman–Crippen MR) is 185 cm³/mol. The van der Waals surface area contributed by atoms with Gasteiger partial charge in [0.1, 0.15) is 6.10 Å². The summed E-state index contributed by atoms with van der Waals surface area (Å²) in [5.41, 5.74) is 0. The molecule has 43 heavy (non-hydrogen) atoms. The highest BCUT2D eigenvalue weighted by atomic mass is 16.5. The molecule has 0 fully saturated rings. The number of rotatable bonds is 31. The second kappa shape index (κ2) is 34.1. The molecule has 0 amide bonds. The first kappa shape index (κ1) is 40.6. The summed E-state index contributed by atoms with van der Waals surface area (Å²) in [6.07, 6.45) is 47.4. The van der Waals surface area contributed by atoms with Crippen molar-refractivity contribution in [3.05, 3.63) is 60.8 Å². The van der Waals surface area contributed by atoms with Gasteiger partial charge in [0.2, 0.25) is 0 Å². The molecule has 0 rings (SSSR count). The molecule has 0 heterocycles. The van der Waals surface area contributed by atoms with Crippen LogP contribution in [-0.4, -0.2) is 23.1 Å². The third-order valence-corrected chi connectivity index (χ3v) is 7.58. The van der Waals surface area contributed by atoms with Crippen LogP contribution in [0, 0.1) is 0 Å². The molecule has 246 valence electrons. The maximum atomic E-state index is 12.3. The smallest absolute Gasteiger partial charge is 0.306 e. The van der Waals surface area contributed by atoms with E-state index in [0.717, 1.165) is 89.9 Å². The summed E-state index contributed by atoms with van der Waals surface area (Å²) in [6.45, 7) is 4.27. The van der Waals surface area contributed by atoms with Crippen LogP contribution >= 0.6 is 0 Å². The Kier molecular flexibility index (Phi) is 32.3. The van der Waals surface area contributed by atoms with Gasteiger partial charge in [0, 0.05) is 12.8 Å².